The van der Waals surface area contributed by atoms with Crippen LogP contribution >= 0.6 is 11.6 Å². The standard InChI is InChI=1S/C28H28ClN3O3/c1-33-22-8-5-20(28(15-22)34-2)16-30-26-17-31-32-25-13-19(6-9-23(25)26)24-14-21(29)7-10-27(24)35-12-11-18-3-4-18/h5-10,13-15,17-18H,3-4,11-12,16H2,1-2H3,(H,30,32). The fraction of sp³-hybridized carbons (Fsp3) is 0.286. The summed E-state index contributed by atoms with van der Waals surface area (Å²) in [6.07, 6.45) is 5.48. The molecule has 1 fully saturated rings. The summed E-state index contributed by atoms with van der Waals surface area (Å²) in [6.45, 7) is 1.29. The molecule has 3 aromatic carbocycles. The number of nitrogens with one attached hydrogen (secondary N) is 1. The minimum absolute atomic E-state index is 0.572. The average Bonchev–Trinajstić information content (AvgIpc) is 3.72. The Balaban J connectivity index is 1.39. The number of aromatic nitrogens is 2. The molecular weight excluding hydrogens is 462 g/mol. The van der Waals surface area contributed by atoms with Crippen molar-refractivity contribution in [1.29, 1.82) is 0 Å². The molecule has 1 heterocycles. The van der Waals surface area contributed by atoms with Crippen molar-refractivity contribution in [3.05, 3.63) is 71.4 Å². The monoisotopic (exact) mass is 489 g/mol. The Bertz CT molecular complexity index is 1340. The molecule has 7 heteroatoms. The Labute approximate surface area is 210 Å². The van der Waals surface area contributed by atoms with Gasteiger partial charge in [-0.05, 0) is 60.4 Å². The van der Waals surface area contributed by atoms with Gasteiger partial charge >= 0.3 is 0 Å². The van der Waals surface area contributed by atoms with E-state index >= 15 is 0 Å². The Morgan fingerprint density at radius 3 is 2.66 bits per heavy atom. The number of halogens is 1. The van der Waals surface area contributed by atoms with Crippen LogP contribution in [0.3, 0.4) is 0 Å². The minimum Gasteiger partial charge on any atom is -0.497 e. The molecule has 0 aliphatic heterocycles. The molecule has 0 spiro atoms. The maximum absolute atomic E-state index is 6.34. The van der Waals surface area contributed by atoms with Gasteiger partial charge < -0.3 is 19.5 Å². The van der Waals surface area contributed by atoms with E-state index in [2.05, 4.69) is 27.6 Å². The second kappa shape index (κ2) is 10.4. The molecule has 1 aliphatic rings. The van der Waals surface area contributed by atoms with Crippen LogP contribution in [0.1, 0.15) is 24.8 Å². The number of hydrogen-bond donors (Lipinski definition) is 1. The van der Waals surface area contributed by atoms with Crippen molar-refractivity contribution in [3.8, 4) is 28.4 Å². The number of ether oxygens (including phenoxy) is 3. The van der Waals surface area contributed by atoms with E-state index in [1.807, 2.05) is 42.5 Å². The van der Waals surface area contributed by atoms with Gasteiger partial charge in [-0.15, -0.1) is 0 Å². The molecule has 1 N–H and O–H groups in total. The summed E-state index contributed by atoms with van der Waals surface area (Å²) in [5.74, 6) is 3.18. The minimum atomic E-state index is 0.572. The van der Waals surface area contributed by atoms with Crippen molar-refractivity contribution in [2.24, 2.45) is 5.92 Å². The molecule has 35 heavy (non-hydrogen) atoms. The zero-order chi connectivity index (χ0) is 24.2. The number of nitrogens with zero attached hydrogens (tertiary/aromatic N) is 2. The lowest BCUT2D eigenvalue weighted by atomic mass is 10.0. The van der Waals surface area contributed by atoms with Crippen LogP contribution in [0.25, 0.3) is 22.0 Å². The van der Waals surface area contributed by atoms with E-state index in [0.29, 0.717) is 11.6 Å². The molecule has 0 bridgehead atoms. The van der Waals surface area contributed by atoms with E-state index in [9.17, 15) is 0 Å². The van der Waals surface area contributed by atoms with E-state index in [0.717, 1.165) is 69.5 Å². The number of fused-ring (bicyclic) bond motifs is 1. The molecule has 0 saturated heterocycles. The molecule has 0 atom stereocenters. The first kappa shape index (κ1) is 23.2. The summed E-state index contributed by atoms with van der Waals surface area (Å²) in [6, 6.07) is 17.7. The van der Waals surface area contributed by atoms with E-state index in [-0.39, 0.29) is 0 Å². The number of hydrogen-bond acceptors (Lipinski definition) is 6. The van der Waals surface area contributed by atoms with Crippen LogP contribution in [-0.2, 0) is 6.54 Å². The van der Waals surface area contributed by atoms with E-state index in [1.54, 1.807) is 20.4 Å². The number of rotatable bonds is 10. The summed E-state index contributed by atoms with van der Waals surface area (Å²) in [5, 5.41) is 13.7. The zero-order valence-electron chi connectivity index (χ0n) is 19.9. The zero-order valence-corrected chi connectivity index (χ0v) is 20.6. The molecule has 0 unspecified atom stereocenters. The Morgan fingerprint density at radius 2 is 1.86 bits per heavy atom. The summed E-state index contributed by atoms with van der Waals surface area (Å²) >= 11 is 6.34. The van der Waals surface area contributed by atoms with Crippen molar-refractivity contribution >= 4 is 28.2 Å². The molecule has 4 aromatic rings. The Kier molecular flexibility index (Phi) is 6.91. The third kappa shape index (κ3) is 5.43. The fourth-order valence-corrected chi connectivity index (χ4v) is 4.33. The highest BCUT2D eigenvalue weighted by Gasteiger charge is 2.21. The molecule has 1 aliphatic carbocycles. The van der Waals surface area contributed by atoms with Gasteiger partial charge in [0.1, 0.15) is 17.2 Å². The van der Waals surface area contributed by atoms with Crippen LogP contribution in [0.15, 0.2) is 60.8 Å². The molecule has 1 aromatic heterocycles. The normalized spacial score (nSPS) is 13.0. The fourth-order valence-electron chi connectivity index (χ4n) is 4.15. The second-order valence-corrected chi connectivity index (χ2v) is 9.18. The van der Waals surface area contributed by atoms with Gasteiger partial charge in [0, 0.05) is 34.1 Å². The quantitative estimate of drug-likeness (QED) is 0.265. The lowest BCUT2D eigenvalue weighted by Crippen LogP contribution is -2.03. The van der Waals surface area contributed by atoms with Gasteiger partial charge in [-0.2, -0.15) is 10.2 Å². The highest BCUT2D eigenvalue weighted by Crippen LogP contribution is 2.37. The lowest BCUT2D eigenvalue weighted by Gasteiger charge is -2.14. The summed E-state index contributed by atoms with van der Waals surface area (Å²) in [7, 11) is 3.30. The Hall–Kier alpha value is -3.51. The number of anilines is 1. The predicted octanol–water partition coefficient (Wildman–Crippen LogP) is 6.76. The third-order valence-corrected chi connectivity index (χ3v) is 6.57. The molecule has 0 radical (unpaired) electrons. The maximum Gasteiger partial charge on any atom is 0.127 e. The average molecular weight is 490 g/mol. The van der Waals surface area contributed by atoms with Crippen LogP contribution in [0.4, 0.5) is 5.69 Å². The highest BCUT2D eigenvalue weighted by atomic mass is 35.5. The van der Waals surface area contributed by atoms with E-state index < -0.39 is 0 Å². The Morgan fingerprint density at radius 1 is 0.971 bits per heavy atom. The largest absolute Gasteiger partial charge is 0.497 e. The summed E-state index contributed by atoms with van der Waals surface area (Å²) in [5.41, 5.74) is 4.65. The molecule has 5 rings (SSSR count). The third-order valence-electron chi connectivity index (χ3n) is 6.34. The molecule has 1 saturated carbocycles. The number of methoxy groups -OCH3 is 2. The van der Waals surface area contributed by atoms with Crippen LogP contribution < -0.4 is 19.5 Å². The molecule has 0 amide bonds. The van der Waals surface area contributed by atoms with Gasteiger partial charge in [-0.3, -0.25) is 0 Å². The van der Waals surface area contributed by atoms with Gasteiger partial charge in [0.25, 0.3) is 0 Å². The van der Waals surface area contributed by atoms with Gasteiger partial charge in [0.05, 0.1) is 38.2 Å². The van der Waals surface area contributed by atoms with Crippen molar-refractivity contribution < 1.29 is 14.2 Å². The smallest absolute Gasteiger partial charge is 0.127 e. The predicted molar refractivity (Wildman–Crippen MR) is 140 cm³/mol. The van der Waals surface area contributed by atoms with Crippen LogP contribution in [-0.4, -0.2) is 31.0 Å². The molecular formula is C28H28ClN3O3. The topological polar surface area (TPSA) is 65.5 Å². The van der Waals surface area contributed by atoms with Crippen LogP contribution in [0.5, 0.6) is 17.2 Å². The van der Waals surface area contributed by atoms with Crippen molar-refractivity contribution in [3.63, 3.8) is 0 Å². The first-order chi connectivity index (χ1) is 17.1. The first-order valence-corrected chi connectivity index (χ1v) is 12.2. The lowest BCUT2D eigenvalue weighted by molar-refractivity contribution is 0.303. The van der Waals surface area contributed by atoms with Gasteiger partial charge in [-0.25, -0.2) is 0 Å². The summed E-state index contributed by atoms with van der Waals surface area (Å²) < 4.78 is 16.9. The SMILES string of the molecule is COc1ccc(CNc2cnnc3cc(-c4cc(Cl)ccc4OCCC4CC4)ccc23)c(OC)c1. The van der Waals surface area contributed by atoms with Crippen molar-refractivity contribution in [2.45, 2.75) is 25.8 Å². The van der Waals surface area contributed by atoms with E-state index in [1.165, 1.54) is 12.8 Å². The number of benzene rings is 3. The van der Waals surface area contributed by atoms with Crippen LogP contribution in [0.2, 0.25) is 5.02 Å². The van der Waals surface area contributed by atoms with Gasteiger partial charge in [0.15, 0.2) is 0 Å². The van der Waals surface area contributed by atoms with E-state index in [4.69, 9.17) is 25.8 Å². The van der Waals surface area contributed by atoms with Crippen molar-refractivity contribution in [1.82, 2.24) is 10.2 Å². The molecule has 180 valence electrons. The first-order valence-electron chi connectivity index (χ1n) is 11.8. The van der Waals surface area contributed by atoms with Gasteiger partial charge in [0.2, 0.25) is 0 Å². The van der Waals surface area contributed by atoms with Crippen molar-refractivity contribution in [2.75, 3.05) is 26.1 Å². The maximum atomic E-state index is 6.34. The molecule has 6 nitrogen and oxygen atoms in total. The highest BCUT2D eigenvalue weighted by molar-refractivity contribution is 6.31. The summed E-state index contributed by atoms with van der Waals surface area (Å²) in [4.78, 5) is 0. The van der Waals surface area contributed by atoms with Gasteiger partial charge in [-0.1, -0.05) is 30.5 Å². The second-order valence-electron chi connectivity index (χ2n) is 8.74. The van der Waals surface area contributed by atoms with Crippen LogP contribution in [0, 0.1) is 5.92 Å².